The van der Waals surface area contributed by atoms with Crippen LogP contribution < -0.4 is 10.9 Å². The van der Waals surface area contributed by atoms with Crippen LogP contribution in [0.2, 0.25) is 0 Å². The van der Waals surface area contributed by atoms with Crippen LogP contribution in [0.3, 0.4) is 0 Å². The highest BCUT2D eigenvalue weighted by molar-refractivity contribution is 6.03. The van der Waals surface area contributed by atoms with Gasteiger partial charge in [0.25, 0.3) is 5.91 Å². The Kier molecular flexibility index (Phi) is 2.55. The Labute approximate surface area is 90.9 Å². The third-order valence-corrected chi connectivity index (χ3v) is 2.11. The molecule has 0 atom stereocenters. The number of anilines is 1. The van der Waals surface area contributed by atoms with Crippen molar-refractivity contribution in [3.63, 3.8) is 0 Å². The Bertz CT molecular complexity index is 550. The molecule has 6 nitrogen and oxygen atoms in total. The van der Waals surface area contributed by atoms with Gasteiger partial charge in [0.05, 0.1) is 11.8 Å². The Morgan fingerprint density at radius 1 is 1.44 bits per heavy atom. The number of H-pyrrole nitrogens is 1. The number of aromatic nitrogens is 3. The SMILES string of the molecule is Cn1nccc1NC(=O)c1ccc(=O)[nH]c1. The molecule has 0 aliphatic heterocycles. The predicted molar refractivity (Wildman–Crippen MR) is 58.2 cm³/mol. The number of nitrogens with zero attached hydrogens (tertiary/aromatic N) is 2. The number of rotatable bonds is 2. The summed E-state index contributed by atoms with van der Waals surface area (Å²) in [6.07, 6.45) is 2.95. The highest BCUT2D eigenvalue weighted by Gasteiger charge is 2.07. The lowest BCUT2D eigenvalue weighted by atomic mass is 10.3. The van der Waals surface area contributed by atoms with Crippen molar-refractivity contribution in [3.05, 3.63) is 46.5 Å². The maximum Gasteiger partial charge on any atom is 0.258 e. The molecule has 2 rings (SSSR count). The second-order valence-electron chi connectivity index (χ2n) is 3.24. The van der Waals surface area contributed by atoms with E-state index in [2.05, 4.69) is 15.4 Å². The molecule has 0 unspecified atom stereocenters. The monoisotopic (exact) mass is 218 g/mol. The van der Waals surface area contributed by atoms with Gasteiger partial charge < -0.3 is 10.3 Å². The number of pyridine rings is 1. The van der Waals surface area contributed by atoms with Crippen LogP contribution in [0, 0.1) is 0 Å². The molecule has 0 aliphatic rings. The van der Waals surface area contributed by atoms with E-state index in [9.17, 15) is 9.59 Å². The zero-order valence-electron chi connectivity index (χ0n) is 8.60. The van der Waals surface area contributed by atoms with Crippen molar-refractivity contribution in [2.75, 3.05) is 5.32 Å². The van der Waals surface area contributed by atoms with E-state index in [1.807, 2.05) is 0 Å². The summed E-state index contributed by atoms with van der Waals surface area (Å²) in [5.41, 5.74) is 0.151. The van der Waals surface area contributed by atoms with Crippen molar-refractivity contribution >= 4 is 11.7 Å². The summed E-state index contributed by atoms with van der Waals surface area (Å²) in [6.45, 7) is 0. The zero-order chi connectivity index (χ0) is 11.5. The van der Waals surface area contributed by atoms with Crippen LogP contribution in [0.15, 0.2) is 35.4 Å². The number of amides is 1. The average molecular weight is 218 g/mol. The summed E-state index contributed by atoms with van der Waals surface area (Å²) in [5, 5.41) is 6.59. The minimum Gasteiger partial charge on any atom is -0.328 e. The van der Waals surface area contributed by atoms with Crippen molar-refractivity contribution in [1.29, 1.82) is 0 Å². The summed E-state index contributed by atoms with van der Waals surface area (Å²) < 4.78 is 1.55. The van der Waals surface area contributed by atoms with Crippen LogP contribution in [-0.2, 0) is 7.05 Å². The number of carbonyl (C=O) groups is 1. The molecule has 0 radical (unpaired) electrons. The first-order valence-corrected chi connectivity index (χ1v) is 4.65. The van der Waals surface area contributed by atoms with E-state index in [0.717, 1.165) is 0 Å². The van der Waals surface area contributed by atoms with Crippen LogP contribution >= 0.6 is 0 Å². The van der Waals surface area contributed by atoms with Gasteiger partial charge in [-0.15, -0.1) is 0 Å². The topological polar surface area (TPSA) is 79.8 Å². The first-order chi connectivity index (χ1) is 7.66. The van der Waals surface area contributed by atoms with Gasteiger partial charge in [-0.05, 0) is 6.07 Å². The number of hydrogen-bond donors (Lipinski definition) is 2. The van der Waals surface area contributed by atoms with Gasteiger partial charge in [-0.1, -0.05) is 0 Å². The summed E-state index contributed by atoms with van der Waals surface area (Å²) in [6, 6.07) is 4.45. The summed E-state index contributed by atoms with van der Waals surface area (Å²) in [4.78, 5) is 25.0. The number of hydrogen-bond acceptors (Lipinski definition) is 3. The maximum atomic E-state index is 11.7. The molecule has 0 aliphatic carbocycles. The minimum atomic E-state index is -0.292. The Morgan fingerprint density at radius 2 is 2.25 bits per heavy atom. The van der Waals surface area contributed by atoms with Gasteiger partial charge in [0.2, 0.25) is 5.56 Å². The number of nitrogens with one attached hydrogen (secondary N) is 2. The third kappa shape index (κ3) is 2.00. The lowest BCUT2D eigenvalue weighted by Crippen LogP contribution is -2.16. The van der Waals surface area contributed by atoms with Crippen molar-refractivity contribution in [3.8, 4) is 0 Å². The van der Waals surface area contributed by atoms with Crippen LogP contribution in [-0.4, -0.2) is 20.7 Å². The number of aromatic amines is 1. The van der Waals surface area contributed by atoms with Crippen LogP contribution in [0.5, 0.6) is 0 Å². The fraction of sp³-hybridized carbons (Fsp3) is 0.100. The first-order valence-electron chi connectivity index (χ1n) is 4.65. The van der Waals surface area contributed by atoms with Gasteiger partial charge >= 0.3 is 0 Å². The molecule has 82 valence electrons. The molecule has 0 spiro atoms. The molecule has 2 aromatic heterocycles. The Balaban J connectivity index is 2.18. The van der Waals surface area contributed by atoms with Gasteiger partial charge in [-0.3, -0.25) is 14.3 Å². The van der Waals surface area contributed by atoms with Crippen molar-refractivity contribution in [2.45, 2.75) is 0 Å². The summed E-state index contributed by atoms with van der Waals surface area (Å²) >= 11 is 0. The van der Waals surface area contributed by atoms with E-state index >= 15 is 0 Å². The Hall–Kier alpha value is -2.37. The molecule has 0 saturated heterocycles. The highest BCUT2D eigenvalue weighted by Crippen LogP contribution is 2.05. The molecule has 0 bridgehead atoms. The highest BCUT2D eigenvalue weighted by atomic mass is 16.2. The van der Waals surface area contributed by atoms with Crippen LogP contribution in [0.1, 0.15) is 10.4 Å². The molecule has 2 aromatic rings. The van der Waals surface area contributed by atoms with Crippen molar-refractivity contribution in [2.24, 2.45) is 7.05 Å². The van der Waals surface area contributed by atoms with Gasteiger partial charge in [0, 0.05) is 25.4 Å². The molecule has 2 heterocycles. The predicted octanol–water partition coefficient (Wildman–Crippen LogP) is 0.361. The summed E-state index contributed by atoms with van der Waals surface area (Å²) in [7, 11) is 1.72. The van der Waals surface area contributed by atoms with Crippen LogP contribution in [0.25, 0.3) is 0 Å². The van der Waals surface area contributed by atoms with E-state index in [0.29, 0.717) is 11.4 Å². The lowest BCUT2D eigenvalue weighted by Gasteiger charge is -2.04. The lowest BCUT2D eigenvalue weighted by molar-refractivity contribution is 0.102. The summed E-state index contributed by atoms with van der Waals surface area (Å²) in [5.74, 6) is 0.302. The molecule has 6 heteroatoms. The smallest absolute Gasteiger partial charge is 0.258 e. The van der Waals surface area contributed by atoms with Gasteiger partial charge in [-0.25, -0.2) is 0 Å². The third-order valence-electron chi connectivity index (χ3n) is 2.11. The molecule has 0 fully saturated rings. The minimum absolute atomic E-state index is 0.239. The van der Waals surface area contributed by atoms with E-state index in [4.69, 9.17) is 0 Å². The zero-order valence-corrected chi connectivity index (χ0v) is 8.60. The first kappa shape index (κ1) is 10.2. The second kappa shape index (κ2) is 4.01. The van der Waals surface area contributed by atoms with Crippen molar-refractivity contribution < 1.29 is 4.79 Å². The van der Waals surface area contributed by atoms with Gasteiger partial charge in [0.15, 0.2) is 0 Å². The fourth-order valence-electron chi connectivity index (χ4n) is 1.24. The van der Waals surface area contributed by atoms with E-state index in [1.54, 1.807) is 24.0 Å². The number of carbonyl (C=O) groups excluding carboxylic acids is 1. The second-order valence-corrected chi connectivity index (χ2v) is 3.24. The quantitative estimate of drug-likeness (QED) is 0.763. The largest absolute Gasteiger partial charge is 0.328 e. The maximum absolute atomic E-state index is 11.7. The molecule has 2 N–H and O–H groups in total. The molecular formula is C10H10N4O2. The van der Waals surface area contributed by atoms with E-state index < -0.39 is 0 Å². The van der Waals surface area contributed by atoms with Gasteiger partial charge in [0.1, 0.15) is 5.82 Å². The average Bonchev–Trinajstić information content (AvgIpc) is 2.65. The van der Waals surface area contributed by atoms with Crippen LogP contribution in [0.4, 0.5) is 5.82 Å². The van der Waals surface area contributed by atoms with E-state index in [-0.39, 0.29) is 11.5 Å². The fourth-order valence-corrected chi connectivity index (χ4v) is 1.24. The molecular weight excluding hydrogens is 208 g/mol. The number of aryl methyl sites for hydroxylation is 1. The van der Waals surface area contributed by atoms with E-state index in [1.165, 1.54) is 18.3 Å². The van der Waals surface area contributed by atoms with Gasteiger partial charge in [-0.2, -0.15) is 5.10 Å². The normalized spacial score (nSPS) is 10.1. The van der Waals surface area contributed by atoms with Crippen molar-refractivity contribution in [1.82, 2.24) is 14.8 Å². The molecule has 0 aromatic carbocycles. The molecule has 0 saturated carbocycles. The molecule has 1 amide bonds. The standard InChI is InChI=1S/C10H10N4O2/c1-14-8(4-5-12-14)13-10(16)7-2-3-9(15)11-6-7/h2-6H,1H3,(H,11,15)(H,13,16). The Morgan fingerprint density at radius 3 is 2.81 bits per heavy atom. The molecule has 16 heavy (non-hydrogen) atoms.